The molecule has 36 heavy (non-hydrogen) atoms. The van der Waals surface area contributed by atoms with E-state index in [1.807, 2.05) is 6.92 Å². The zero-order valence-corrected chi connectivity index (χ0v) is 20.8. The molecule has 1 aromatic carbocycles. The smallest absolute Gasteiger partial charge is 0.274 e. The summed E-state index contributed by atoms with van der Waals surface area (Å²) < 4.78 is 17.0. The van der Waals surface area contributed by atoms with E-state index >= 15 is 0 Å². The molecule has 2 aliphatic carbocycles. The average molecular weight is 512 g/mol. The highest BCUT2D eigenvalue weighted by molar-refractivity contribution is 6.33. The van der Waals surface area contributed by atoms with Crippen molar-refractivity contribution in [2.24, 2.45) is 18.9 Å². The summed E-state index contributed by atoms with van der Waals surface area (Å²) in [5.74, 6) is -0.241. The average Bonchev–Trinajstić information content (AvgIpc) is 3.56. The molecular formula is C25H27ClFN7O2. The molecule has 4 N–H and O–H groups in total. The number of carbonyl (C=O) groups excluding carboxylic acids is 1. The highest BCUT2D eigenvalue weighted by Crippen LogP contribution is 2.57. The van der Waals surface area contributed by atoms with E-state index in [2.05, 4.69) is 15.4 Å². The second-order valence-electron chi connectivity index (χ2n) is 9.84. The first-order valence-corrected chi connectivity index (χ1v) is 12.3. The summed E-state index contributed by atoms with van der Waals surface area (Å²) in [4.78, 5) is 17.7. The normalized spacial score (nSPS) is 25.1. The van der Waals surface area contributed by atoms with E-state index in [0.29, 0.717) is 47.2 Å². The number of amides is 1. The number of imidazole rings is 1. The Morgan fingerprint density at radius 2 is 2.08 bits per heavy atom. The molecule has 0 saturated heterocycles. The molecule has 0 radical (unpaired) electrons. The molecule has 9 nitrogen and oxygen atoms in total. The Morgan fingerprint density at radius 3 is 2.72 bits per heavy atom. The number of fused-ring (bicyclic) bond motifs is 1. The number of aromatic nitrogens is 4. The van der Waals surface area contributed by atoms with Gasteiger partial charge < -0.3 is 20.7 Å². The van der Waals surface area contributed by atoms with E-state index in [0.717, 1.165) is 18.9 Å². The second-order valence-corrected chi connectivity index (χ2v) is 10.2. The largest absolute Gasteiger partial charge is 0.383 e. The number of nitrogens with one attached hydrogen (secondary N) is 1. The van der Waals surface area contributed by atoms with Gasteiger partial charge in [0.2, 0.25) is 0 Å². The quantitative estimate of drug-likeness (QED) is 0.475. The number of benzene rings is 1. The maximum Gasteiger partial charge on any atom is 0.274 e. The fourth-order valence-corrected chi connectivity index (χ4v) is 6.43. The number of hydrogen-bond acceptors (Lipinski definition) is 6. The third kappa shape index (κ3) is 3.92. The van der Waals surface area contributed by atoms with E-state index in [1.54, 1.807) is 28.7 Å². The maximum absolute atomic E-state index is 13.7. The van der Waals surface area contributed by atoms with Crippen LogP contribution in [0.3, 0.4) is 0 Å². The third-order valence-corrected chi connectivity index (χ3v) is 7.99. The molecule has 0 aliphatic heterocycles. The van der Waals surface area contributed by atoms with Crippen molar-refractivity contribution in [2.75, 3.05) is 11.1 Å². The summed E-state index contributed by atoms with van der Waals surface area (Å²) in [6, 6.07) is 5.66. The van der Waals surface area contributed by atoms with Crippen LogP contribution in [0.25, 0.3) is 0 Å². The minimum Gasteiger partial charge on any atom is -0.383 e. The van der Waals surface area contributed by atoms with Gasteiger partial charge in [-0.25, -0.2) is 9.37 Å². The monoisotopic (exact) mass is 511 g/mol. The first kappa shape index (κ1) is 24.3. The summed E-state index contributed by atoms with van der Waals surface area (Å²) in [6.45, 7) is 2.49. The predicted octanol–water partition coefficient (Wildman–Crippen LogP) is 3.93. The molecule has 11 heteroatoms. The van der Waals surface area contributed by atoms with Gasteiger partial charge in [0.15, 0.2) is 5.82 Å². The zero-order chi connectivity index (χ0) is 25.8. The summed E-state index contributed by atoms with van der Waals surface area (Å²) >= 11 is 6.43. The van der Waals surface area contributed by atoms with Crippen molar-refractivity contribution in [3.63, 3.8) is 0 Å². The van der Waals surface area contributed by atoms with Crippen molar-refractivity contribution in [3.05, 3.63) is 58.0 Å². The van der Waals surface area contributed by atoms with Crippen LogP contribution >= 0.6 is 11.6 Å². The van der Waals surface area contributed by atoms with E-state index < -0.39 is 11.4 Å². The molecule has 2 aliphatic rings. The van der Waals surface area contributed by atoms with Crippen molar-refractivity contribution in [1.82, 2.24) is 19.3 Å². The highest BCUT2D eigenvalue weighted by Gasteiger charge is 2.52. The molecule has 5 rings (SSSR count). The molecule has 188 valence electrons. The van der Waals surface area contributed by atoms with Crippen molar-refractivity contribution in [3.8, 4) is 6.07 Å². The van der Waals surface area contributed by atoms with Gasteiger partial charge in [-0.15, -0.1) is 0 Å². The SMILES string of the molecule is CCn1nc(N)c(Cl)c1C1(O)CC2CC(c3ncn(C)c3C(=O)Nc3ccc(F)c(C#N)c3)CC2C1. The number of anilines is 2. The van der Waals surface area contributed by atoms with Crippen molar-refractivity contribution in [2.45, 2.75) is 50.7 Å². The topological polar surface area (TPSA) is 135 Å². The Labute approximate surface area is 212 Å². The van der Waals surface area contributed by atoms with Gasteiger partial charge in [0, 0.05) is 25.2 Å². The number of aryl methyl sites for hydroxylation is 2. The molecule has 2 heterocycles. The number of nitrogens with two attached hydrogens (primary N) is 1. The van der Waals surface area contributed by atoms with Crippen molar-refractivity contribution >= 4 is 29.0 Å². The van der Waals surface area contributed by atoms with Gasteiger partial charge in [-0.3, -0.25) is 9.48 Å². The first-order chi connectivity index (χ1) is 17.1. The summed E-state index contributed by atoms with van der Waals surface area (Å²) in [7, 11) is 1.75. The molecule has 2 aromatic heterocycles. The van der Waals surface area contributed by atoms with Gasteiger partial charge in [0.05, 0.1) is 23.3 Å². The van der Waals surface area contributed by atoms with Crippen LogP contribution in [-0.4, -0.2) is 30.3 Å². The van der Waals surface area contributed by atoms with Gasteiger partial charge in [0.25, 0.3) is 5.91 Å². The summed E-state index contributed by atoms with van der Waals surface area (Å²) in [5.41, 5.74) is 6.75. The Bertz CT molecular complexity index is 1380. The van der Waals surface area contributed by atoms with Crippen molar-refractivity contribution in [1.29, 1.82) is 5.26 Å². The highest BCUT2D eigenvalue weighted by atomic mass is 35.5. The number of aliphatic hydroxyl groups is 1. The second kappa shape index (κ2) is 8.91. The first-order valence-electron chi connectivity index (χ1n) is 11.9. The van der Waals surface area contributed by atoms with Crippen LogP contribution in [0.15, 0.2) is 24.5 Å². The fraction of sp³-hybridized carbons (Fsp3) is 0.440. The molecule has 2 atom stereocenters. The van der Waals surface area contributed by atoms with Crippen LogP contribution < -0.4 is 11.1 Å². The zero-order valence-electron chi connectivity index (χ0n) is 20.0. The van der Waals surface area contributed by atoms with Gasteiger partial charge in [-0.05, 0) is 62.6 Å². The van der Waals surface area contributed by atoms with E-state index in [4.69, 9.17) is 22.6 Å². The number of nitrogen functional groups attached to an aromatic ring is 1. The predicted molar refractivity (Wildman–Crippen MR) is 132 cm³/mol. The van der Waals surface area contributed by atoms with Gasteiger partial charge in [-0.1, -0.05) is 11.6 Å². The number of hydrogen-bond donors (Lipinski definition) is 3. The Hall–Kier alpha value is -3.42. The van der Waals surface area contributed by atoms with Gasteiger partial charge >= 0.3 is 0 Å². The molecule has 0 spiro atoms. The molecule has 0 bridgehead atoms. The molecule has 2 unspecified atom stereocenters. The van der Waals surface area contributed by atoms with E-state index in [-0.39, 0.29) is 35.0 Å². The fourth-order valence-electron chi connectivity index (χ4n) is 6.11. The molecule has 2 saturated carbocycles. The number of nitriles is 1. The number of nitrogens with zero attached hydrogens (tertiary/aromatic N) is 5. The van der Waals surface area contributed by atoms with Crippen LogP contribution in [-0.2, 0) is 19.2 Å². The van der Waals surface area contributed by atoms with Crippen LogP contribution in [0.1, 0.15) is 66.0 Å². The van der Waals surface area contributed by atoms with Gasteiger partial charge in [0.1, 0.15) is 28.2 Å². The van der Waals surface area contributed by atoms with Crippen LogP contribution in [0.5, 0.6) is 0 Å². The molecule has 2 fully saturated rings. The van der Waals surface area contributed by atoms with Crippen molar-refractivity contribution < 1.29 is 14.3 Å². The van der Waals surface area contributed by atoms with Crippen LogP contribution in [0.2, 0.25) is 5.02 Å². The Kier molecular flexibility index (Phi) is 6.01. The lowest BCUT2D eigenvalue weighted by molar-refractivity contribution is 0.0256. The van der Waals surface area contributed by atoms with E-state index in [9.17, 15) is 14.3 Å². The number of halogens is 2. The minimum absolute atomic E-state index is 0.0611. The Morgan fingerprint density at radius 1 is 1.39 bits per heavy atom. The standard InChI is InChI=1S/C25H27ClFN7O2/c1-3-34-22(19(26)23(29)32-34)25(36)9-14-6-13(7-15(14)10-25)20-21(33(2)12-30-20)24(35)31-17-4-5-18(27)16(8-17)11-28/h4-5,8,12-15,36H,3,6-7,9-10H2,1-2H3,(H2,29,32)(H,31,35). The van der Waals surface area contributed by atoms with Crippen LogP contribution in [0.4, 0.5) is 15.9 Å². The number of rotatable bonds is 5. The lowest BCUT2D eigenvalue weighted by Gasteiger charge is -2.26. The number of carbonyl (C=O) groups is 1. The maximum atomic E-state index is 13.7. The summed E-state index contributed by atoms with van der Waals surface area (Å²) in [5, 5.41) is 28.0. The minimum atomic E-state index is -1.09. The molecule has 3 aromatic rings. The van der Waals surface area contributed by atoms with Crippen LogP contribution in [0, 0.1) is 29.0 Å². The summed E-state index contributed by atoms with van der Waals surface area (Å²) in [6.07, 6.45) is 4.27. The lowest BCUT2D eigenvalue weighted by Crippen LogP contribution is -2.27. The van der Waals surface area contributed by atoms with Gasteiger partial charge in [-0.2, -0.15) is 10.4 Å². The Balaban J connectivity index is 1.34. The van der Waals surface area contributed by atoms with E-state index in [1.165, 1.54) is 12.1 Å². The molecular weight excluding hydrogens is 485 g/mol. The third-order valence-electron chi connectivity index (χ3n) is 7.61. The lowest BCUT2D eigenvalue weighted by atomic mass is 9.90. The molecule has 1 amide bonds.